The molecule has 2 fully saturated rings. The van der Waals surface area contributed by atoms with Crippen LogP contribution in [0.5, 0.6) is 0 Å². The molecule has 2 rings (SSSR count). The van der Waals surface area contributed by atoms with E-state index < -0.39 is 0 Å². The van der Waals surface area contributed by atoms with Crippen LogP contribution in [0.2, 0.25) is 0 Å². The molecule has 2 aliphatic carbocycles. The van der Waals surface area contributed by atoms with E-state index in [-0.39, 0.29) is 0 Å². The number of nitrogens with one attached hydrogen (secondary N) is 1. The number of rotatable bonds is 4. The van der Waals surface area contributed by atoms with Crippen LogP contribution < -0.4 is 5.32 Å². The minimum absolute atomic E-state index is 0.399. The largest absolute Gasteiger partial charge is 0.315 e. The lowest BCUT2D eigenvalue weighted by Crippen LogP contribution is -2.62. The topological polar surface area (TPSA) is 15.3 Å². The molecule has 0 radical (unpaired) electrons. The molecule has 20 heavy (non-hydrogen) atoms. The Morgan fingerprint density at radius 1 is 0.950 bits per heavy atom. The summed E-state index contributed by atoms with van der Waals surface area (Å²) in [6.45, 7) is 2.43. The highest BCUT2D eigenvalue weighted by atomic mass is 15.2. The van der Waals surface area contributed by atoms with Crippen LogP contribution in [0.4, 0.5) is 0 Å². The van der Waals surface area contributed by atoms with Crippen LogP contribution in [0.1, 0.15) is 71.1 Å². The Kier molecular flexibility index (Phi) is 5.92. The van der Waals surface area contributed by atoms with Crippen molar-refractivity contribution in [3.05, 3.63) is 0 Å². The third kappa shape index (κ3) is 3.39. The highest BCUT2D eigenvalue weighted by Gasteiger charge is 2.45. The lowest BCUT2D eigenvalue weighted by molar-refractivity contribution is 0.0208. The zero-order valence-electron chi connectivity index (χ0n) is 14.3. The first-order valence-corrected chi connectivity index (χ1v) is 8.95. The van der Waals surface area contributed by atoms with E-state index in [1.54, 1.807) is 0 Å². The van der Waals surface area contributed by atoms with Gasteiger partial charge in [0.1, 0.15) is 0 Å². The summed E-state index contributed by atoms with van der Waals surface area (Å²) in [7, 11) is 6.84. The normalized spacial score (nSPS) is 35.0. The molecule has 0 aromatic rings. The second-order valence-corrected chi connectivity index (χ2v) is 7.70. The first-order chi connectivity index (χ1) is 9.60. The smallest absolute Gasteiger partial charge is 0.0359 e. The highest BCUT2D eigenvalue weighted by Crippen LogP contribution is 2.42. The quantitative estimate of drug-likeness (QED) is 0.781. The van der Waals surface area contributed by atoms with E-state index in [4.69, 9.17) is 0 Å². The van der Waals surface area contributed by atoms with Crippen molar-refractivity contribution in [3.8, 4) is 0 Å². The third-order valence-electron chi connectivity index (χ3n) is 6.29. The van der Waals surface area contributed by atoms with Crippen molar-refractivity contribution in [2.75, 3.05) is 21.1 Å². The monoisotopic (exact) mass is 280 g/mol. The first kappa shape index (κ1) is 16.3. The Bertz CT molecular complexity index is 271. The number of hydrogen-bond acceptors (Lipinski definition) is 2. The van der Waals surface area contributed by atoms with Crippen LogP contribution in [0, 0.1) is 11.8 Å². The molecule has 0 spiro atoms. The molecule has 0 bridgehead atoms. The van der Waals surface area contributed by atoms with Crippen molar-refractivity contribution in [1.82, 2.24) is 10.2 Å². The summed E-state index contributed by atoms with van der Waals surface area (Å²) in [4.78, 5) is 2.56. The van der Waals surface area contributed by atoms with Gasteiger partial charge in [0.25, 0.3) is 0 Å². The van der Waals surface area contributed by atoms with Gasteiger partial charge < -0.3 is 10.2 Å². The van der Waals surface area contributed by atoms with Gasteiger partial charge in [-0.1, -0.05) is 32.6 Å². The Hall–Kier alpha value is -0.0800. The van der Waals surface area contributed by atoms with Gasteiger partial charge in [0, 0.05) is 11.6 Å². The van der Waals surface area contributed by atoms with Gasteiger partial charge in [0.15, 0.2) is 0 Å². The minimum atomic E-state index is 0.399. The number of likely N-dealkylation sites (N-methyl/N-ethyl adjacent to an activating group) is 2. The van der Waals surface area contributed by atoms with E-state index in [0.717, 1.165) is 11.8 Å². The average Bonchev–Trinajstić information content (AvgIpc) is 2.71. The van der Waals surface area contributed by atoms with Gasteiger partial charge in [-0.05, 0) is 71.5 Å². The molecule has 0 aliphatic heterocycles. The fourth-order valence-electron chi connectivity index (χ4n) is 4.89. The minimum Gasteiger partial charge on any atom is -0.315 e. The molecule has 2 nitrogen and oxygen atoms in total. The summed E-state index contributed by atoms with van der Waals surface area (Å²) >= 11 is 0. The fraction of sp³-hybridized carbons (Fsp3) is 1.00. The summed E-state index contributed by atoms with van der Waals surface area (Å²) in [5, 5.41) is 3.76. The molecule has 2 aliphatic rings. The molecule has 0 aromatic carbocycles. The van der Waals surface area contributed by atoms with E-state index >= 15 is 0 Å². The van der Waals surface area contributed by atoms with Crippen LogP contribution in [0.15, 0.2) is 0 Å². The molecule has 2 heteroatoms. The maximum absolute atomic E-state index is 3.76. The maximum Gasteiger partial charge on any atom is 0.0359 e. The molecule has 118 valence electrons. The zero-order valence-corrected chi connectivity index (χ0v) is 14.3. The first-order valence-electron chi connectivity index (χ1n) is 8.95. The average molecular weight is 281 g/mol. The van der Waals surface area contributed by atoms with Crippen molar-refractivity contribution in [2.24, 2.45) is 11.8 Å². The zero-order chi connectivity index (χ0) is 14.6. The molecule has 2 saturated carbocycles. The van der Waals surface area contributed by atoms with Gasteiger partial charge in [-0.3, -0.25) is 0 Å². The van der Waals surface area contributed by atoms with Gasteiger partial charge in [-0.2, -0.15) is 0 Å². The maximum atomic E-state index is 3.76. The standard InChI is InChI=1S/C18H36N2/c1-15-11-13-18(14-12-15,20(3)4)17(19-2)16-9-7-5-6-8-10-16/h15-17,19H,5-14H2,1-4H3. The molecule has 0 saturated heterocycles. The van der Waals surface area contributed by atoms with Gasteiger partial charge in [0.05, 0.1) is 0 Å². The van der Waals surface area contributed by atoms with E-state index in [2.05, 4.69) is 38.3 Å². The predicted molar refractivity (Wildman–Crippen MR) is 88.1 cm³/mol. The SMILES string of the molecule is CNC(C1CCCCCC1)C1(N(C)C)CCC(C)CC1. The van der Waals surface area contributed by atoms with Crippen LogP contribution >= 0.6 is 0 Å². The summed E-state index contributed by atoms with van der Waals surface area (Å²) in [5.41, 5.74) is 0.399. The molecule has 0 heterocycles. The predicted octanol–water partition coefficient (Wildman–Crippen LogP) is 4.06. The molecule has 0 aromatic heterocycles. The summed E-state index contributed by atoms with van der Waals surface area (Å²) in [5.74, 6) is 1.81. The van der Waals surface area contributed by atoms with E-state index in [1.165, 1.54) is 64.2 Å². The van der Waals surface area contributed by atoms with E-state index in [9.17, 15) is 0 Å². The van der Waals surface area contributed by atoms with Gasteiger partial charge >= 0.3 is 0 Å². The molecule has 1 atom stereocenters. The van der Waals surface area contributed by atoms with Crippen LogP contribution in [-0.4, -0.2) is 37.6 Å². The van der Waals surface area contributed by atoms with Crippen molar-refractivity contribution in [3.63, 3.8) is 0 Å². The molecule has 1 N–H and O–H groups in total. The number of hydrogen-bond donors (Lipinski definition) is 1. The summed E-state index contributed by atoms with van der Waals surface area (Å²) in [6.07, 6.45) is 14.3. The Balaban J connectivity index is 2.16. The van der Waals surface area contributed by atoms with E-state index in [0.29, 0.717) is 11.6 Å². The number of nitrogens with zero attached hydrogens (tertiary/aromatic N) is 1. The summed E-state index contributed by atoms with van der Waals surface area (Å²) in [6, 6.07) is 0.683. The van der Waals surface area contributed by atoms with Gasteiger partial charge in [-0.25, -0.2) is 0 Å². The van der Waals surface area contributed by atoms with Crippen molar-refractivity contribution < 1.29 is 0 Å². The van der Waals surface area contributed by atoms with E-state index in [1.807, 2.05) is 0 Å². The Labute approximate surface area is 126 Å². The second-order valence-electron chi connectivity index (χ2n) is 7.70. The van der Waals surface area contributed by atoms with Crippen LogP contribution in [0.3, 0.4) is 0 Å². The third-order valence-corrected chi connectivity index (χ3v) is 6.29. The van der Waals surface area contributed by atoms with Crippen molar-refractivity contribution in [1.29, 1.82) is 0 Å². The van der Waals surface area contributed by atoms with Crippen molar-refractivity contribution >= 4 is 0 Å². The second kappa shape index (κ2) is 7.26. The lowest BCUT2D eigenvalue weighted by Gasteiger charge is -2.52. The van der Waals surface area contributed by atoms with Gasteiger partial charge in [-0.15, -0.1) is 0 Å². The molecule has 1 unspecified atom stereocenters. The fourth-order valence-corrected chi connectivity index (χ4v) is 4.89. The molecular weight excluding hydrogens is 244 g/mol. The highest BCUT2D eigenvalue weighted by molar-refractivity contribution is 5.03. The van der Waals surface area contributed by atoms with Crippen molar-refractivity contribution in [2.45, 2.75) is 82.7 Å². The molecule has 0 amide bonds. The van der Waals surface area contributed by atoms with Gasteiger partial charge in [0.2, 0.25) is 0 Å². The Morgan fingerprint density at radius 3 is 1.95 bits per heavy atom. The van der Waals surface area contributed by atoms with Crippen LogP contribution in [0.25, 0.3) is 0 Å². The molecular formula is C18H36N2. The van der Waals surface area contributed by atoms with Crippen LogP contribution in [-0.2, 0) is 0 Å². The summed E-state index contributed by atoms with van der Waals surface area (Å²) < 4.78 is 0. The Morgan fingerprint density at radius 2 is 1.50 bits per heavy atom. The lowest BCUT2D eigenvalue weighted by atomic mass is 9.67.